The van der Waals surface area contributed by atoms with Crippen LogP contribution in [0, 0.1) is 5.82 Å². The van der Waals surface area contributed by atoms with Gasteiger partial charge in [-0.3, -0.25) is 4.68 Å². The third kappa shape index (κ3) is 4.31. The van der Waals surface area contributed by atoms with E-state index in [1.54, 1.807) is 31.0 Å². The van der Waals surface area contributed by atoms with Crippen molar-refractivity contribution in [2.45, 2.75) is 6.54 Å². The number of methoxy groups -OCH3 is 2. The number of hydrogen-bond acceptors (Lipinski definition) is 3. The van der Waals surface area contributed by atoms with Gasteiger partial charge in [-0.2, -0.15) is 5.10 Å². The van der Waals surface area contributed by atoms with Gasteiger partial charge in [0.05, 0.1) is 30.9 Å². The Labute approximate surface area is 193 Å². The van der Waals surface area contributed by atoms with Crippen molar-refractivity contribution >= 4 is 27.5 Å². The predicted octanol–water partition coefficient (Wildman–Crippen LogP) is 6.84. The molecule has 1 heterocycles. The first-order valence-corrected chi connectivity index (χ1v) is 10.7. The molecular formula is C24H19BrClFN2O2. The average molecular weight is 502 g/mol. The summed E-state index contributed by atoms with van der Waals surface area (Å²) in [6, 6.07) is 19.9. The number of halogens is 3. The molecule has 0 atom stereocenters. The summed E-state index contributed by atoms with van der Waals surface area (Å²) in [4.78, 5) is 0. The first-order chi connectivity index (χ1) is 15.0. The summed E-state index contributed by atoms with van der Waals surface area (Å²) in [7, 11) is 3.25. The van der Waals surface area contributed by atoms with Gasteiger partial charge >= 0.3 is 0 Å². The maximum absolute atomic E-state index is 14.5. The highest BCUT2D eigenvalue weighted by atomic mass is 79.9. The molecule has 0 N–H and O–H groups in total. The van der Waals surface area contributed by atoms with E-state index in [9.17, 15) is 4.39 Å². The Balaban J connectivity index is 1.86. The van der Waals surface area contributed by atoms with Crippen molar-refractivity contribution in [3.05, 3.63) is 87.6 Å². The average Bonchev–Trinajstić information content (AvgIpc) is 3.12. The van der Waals surface area contributed by atoms with Gasteiger partial charge in [0.25, 0.3) is 0 Å². The van der Waals surface area contributed by atoms with Crippen LogP contribution in [0.5, 0.6) is 11.5 Å². The molecule has 0 bridgehead atoms. The van der Waals surface area contributed by atoms with Gasteiger partial charge in [0.1, 0.15) is 23.0 Å². The van der Waals surface area contributed by atoms with Crippen LogP contribution in [0.1, 0.15) is 5.56 Å². The van der Waals surface area contributed by atoms with Crippen LogP contribution in [-0.2, 0) is 6.54 Å². The number of ether oxygens (including phenoxy) is 2. The molecule has 0 aliphatic carbocycles. The SMILES string of the molecule is COc1ccc(-c2nn(Cc3c(F)cccc3Cl)c(-c3ccc(OC)cc3)c2Br)cc1. The van der Waals surface area contributed by atoms with Gasteiger partial charge in [-0.05, 0) is 76.6 Å². The molecule has 4 aromatic rings. The molecule has 0 radical (unpaired) electrons. The second-order valence-electron chi connectivity index (χ2n) is 6.83. The van der Waals surface area contributed by atoms with Crippen molar-refractivity contribution < 1.29 is 13.9 Å². The van der Waals surface area contributed by atoms with Gasteiger partial charge in [-0.15, -0.1) is 0 Å². The third-order valence-corrected chi connectivity index (χ3v) is 6.10. The number of nitrogens with zero attached hydrogens (tertiary/aromatic N) is 2. The molecule has 0 unspecified atom stereocenters. The number of benzene rings is 3. The van der Waals surface area contributed by atoms with E-state index < -0.39 is 0 Å². The van der Waals surface area contributed by atoms with Crippen molar-refractivity contribution in [1.29, 1.82) is 0 Å². The molecule has 3 aromatic carbocycles. The van der Waals surface area contributed by atoms with Crippen molar-refractivity contribution in [1.82, 2.24) is 9.78 Å². The zero-order valence-corrected chi connectivity index (χ0v) is 19.2. The highest BCUT2D eigenvalue weighted by Gasteiger charge is 2.21. The van der Waals surface area contributed by atoms with Gasteiger partial charge in [0.15, 0.2) is 0 Å². The molecule has 0 saturated carbocycles. The normalized spacial score (nSPS) is 10.9. The highest BCUT2D eigenvalue weighted by molar-refractivity contribution is 9.10. The summed E-state index contributed by atoms with van der Waals surface area (Å²) in [5, 5.41) is 5.16. The molecule has 0 amide bonds. The molecule has 7 heteroatoms. The van der Waals surface area contributed by atoms with E-state index in [1.165, 1.54) is 6.07 Å². The van der Waals surface area contributed by atoms with Crippen molar-refractivity contribution in [3.8, 4) is 34.0 Å². The molecule has 0 spiro atoms. The Hall–Kier alpha value is -2.83. The molecular weight excluding hydrogens is 483 g/mol. The lowest BCUT2D eigenvalue weighted by molar-refractivity contribution is 0.414. The van der Waals surface area contributed by atoms with E-state index in [4.69, 9.17) is 26.2 Å². The molecule has 1 aromatic heterocycles. The van der Waals surface area contributed by atoms with E-state index in [-0.39, 0.29) is 12.4 Å². The van der Waals surface area contributed by atoms with E-state index >= 15 is 0 Å². The second-order valence-corrected chi connectivity index (χ2v) is 8.03. The largest absolute Gasteiger partial charge is 0.497 e. The van der Waals surface area contributed by atoms with Gasteiger partial charge in [0, 0.05) is 21.7 Å². The first kappa shape index (κ1) is 21.4. The summed E-state index contributed by atoms with van der Waals surface area (Å²) in [5.74, 6) is 1.14. The Morgan fingerprint density at radius 2 is 1.48 bits per heavy atom. The lowest BCUT2D eigenvalue weighted by Gasteiger charge is -2.11. The number of hydrogen-bond donors (Lipinski definition) is 0. The summed E-state index contributed by atoms with van der Waals surface area (Å²) in [6.45, 7) is 0.182. The lowest BCUT2D eigenvalue weighted by Crippen LogP contribution is -2.06. The van der Waals surface area contributed by atoms with E-state index in [0.29, 0.717) is 10.6 Å². The predicted molar refractivity (Wildman–Crippen MR) is 124 cm³/mol. The van der Waals surface area contributed by atoms with Crippen LogP contribution >= 0.6 is 27.5 Å². The smallest absolute Gasteiger partial charge is 0.129 e. The molecule has 0 aliphatic rings. The van der Waals surface area contributed by atoms with Crippen LogP contribution < -0.4 is 9.47 Å². The van der Waals surface area contributed by atoms with Crippen molar-refractivity contribution in [2.24, 2.45) is 0 Å². The van der Waals surface area contributed by atoms with Crippen molar-refractivity contribution in [2.75, 3.05) is 14.2 Å². The van der Waals surface area contributed by atoms with Crippen LogP contribution in [0.15, 0.2) is 71.2 Å². The lowest BCUT2D eigenvalue weighted by atomic mass is 10.1. The minimum Gasteiger partial charge on any atom is -0.497 e. The molecule has 4 nitrogen and oxygen atoms in total. The second kappa shape index (κ2) is 9.12. The van der Waals surface area contributed by atoms with Crippen LogP contribution in [0.25, 0.3) is 22.5 Å². The van der Waals surface area contributed by atoms with Crippen LogP contribution in [-0.4, -0.2) is 24.0 Å². The van der Waals surface area contributed by atoms with Crippen LogP contribution in [0.4, 0.5) is 4.39 Å². The van der Waals surface area contributed by atoms with E-state index in [2.05, 4.69) is 15.9 Å². The Kier molecular flexibility index (Phi) is 6.30. The third-order valence-electron chi connectivity index (χ3n) is 4.99. The van der Waals surface area contributed by atoms with Crippen molar-refractivity contribution in [3.63, 3.8) is 0 Å². The summed E-state index contributed by atoms with van der Waals surface area (Å²) in [5.41, 5.74) is 3.75. The number of rotatable bonds is 6. The van der Waals surface area contributed by atoms with E-state index in [0.717, 1.165) is 38.5 Å². The Morgan fingerprint density at radius 1 is 0.903 bits per heavy atom. The topological polar surface area (TPSA) is 36.3 Å². The maximum atomic E-state index is 14.5. The Bertz CT molecular complexity index is 1190. The van der Waals surface area contributed by atoms with Crippen LogP contribution in [0.3, 0.4) is 0 Å². The fourth-order valence-corrected chi connectivity index (χ4v) is 4.31. The van der Waals surface area contributed by atoms with E-state index in [1.807, 2.05) is 48.5 Å². The minimum absolute atomic E-state index is 0.182. The zero-order valence-electron chi connectivity index (χ0n) is 16.9. The van der Waals surface area contributed by atoms with Crippen LogP contribution in [0.2, 0.25) is 5.02 Å². The number of aromatic nitrogens is 2. The molecule has 0 saturated heterocycles. The minimum atomic E-state index is -0.370. The monoisotopic (exact) mass is 500 g/mol. The summed E-state index contributed by atoms with van der Waals surface area (Å²) in [6.07, 6.45) is 0. The van der Waals surface area contributed by atoms with Gasteiger partial charge in [-0.1, -0.05) is 17.7 Å². The summed E-state index contributed by atoms with van der Waals surface area (Å²) < 4.78 is 27.6. The molecule has 31 heavy (non-hydrogen) atoms. The molecule has 158 valence electrons. The molecule has 0 aliphatic heterocycles. The highest BCUT2D eigenvalue weighted by Crippen LogP contribution is 2.38. The zero-order chi connectivity index (χ0) is 22.0. The maximum Gasteiger partial charge on any atom is 0.129 e. The molecule has 0 fully saturated rings. The first-order valence-electron chi connectivity index (χ1n) is 9.50. The standard InChI is InChI=1S/C24H19BrClFN2O2/c1-30-17-10-6-15(7-11-17)23-22(25)24(16-8-12-18(31-2)13-9-16)29(28-23)14-19-20(26)4-3-5-21(19)27/h3-13H,14H2,1-2H3. The van der Waals surface area contributed by atoms with Gasteiger partial charge in [-0.25, -0.2) is 4.39 Å². The fourth-order valence-electron chi connectivity index (χ4n) is 3.35. The fraction of sp³-hybridized carbons (Fsp3) is 0.125. The van der Waals surface area contributed by atoms with Gasteiger partial charge in [0.2, 0.25) is 0 Å². The summed E-state index contributed by atoms with van der Waals surface area (Å²) >= 11 is 10.0. The Morgan fingerprint density at radius 3 is 2.03 bits per heavy atom. The van der Waals surface area contributed by atoms with Gasteiger partial charge < -0.3 is 9.47 Å². The quantitative estimate of drug-likeness (QED) is 0.290. The molecule has 4 rings (SSSR count).